The van der Waals surface area contributed by atoms with Gasteiger partial charge in [-0.2, -0.15) is 0 Å². The van der Waals surface area contributed by atoms with Gasteiger partial charge in [0.05, 0.1) is 6.04 Å². The summed E-state index contributed by atoms with van der Waals surface area (Å²) in [6, 6.07) is 19.6. The molecule has 0 aliphatic carbocycles. The zero-order valence-corrected chi connectivity index (χ0v) is 14.9. The van der Waals surface area contributed by atoms with Gasteiger partial charge in [-0.15, -0.1) is 0 Å². The Kier molecular flexibility index (Phi) is 5.34. The number of hydrogen-bond acceptors (Lipinski definition) is 2. The molecule has 2 aromatic rings. The highest BCUT2D eigenvalue weighted by molar-refractivity contribution is 5.80. The number of hydrogen-bond donors (Lipinski definition) is 0. The molecule has 0 aromatic heterocycles. The van der Waals surface area contributed by atoms with E-state index in [-0.39, 0.29) is 6.04 Å². The molecule has 0 saturated heterocycles. The molecule has 0 radical (unpaired) electrons. The summed E-state index contributed by atoms with van der Waals surface area (Å²) in [6.45, 7) is 7.44. The normalized spacial score (nSPS) is 19.5. The van der Waals surface area contributed by atoms with E-state index < -0.39 is 0 Å². The van der Waals surface area contributed by atoms with Gasteiger partial charge in [-0.1, -0.05) is 81.8 Å². The van der Waals surface area contributed by atoms with Gasteiger partial charge in [0.25, 0.3) is 0 Å². The Morgan fingerprint density at radius 3 is 2.33 bits per heavy atom. The summed E-state index contributed by atoms with van der Waals surface area (Å²) in [4.78, 5) is 4.83. The van der Waals surface area contributed by atoms with Crippen LogP contribution in [0.2, 0.25) is 0 Å². The first-order valence-corrected chi connectivity index (χ1v) is 9.02. The Balaban J connectivity index is 1.64. The summed E-state index contributed by atoms with van der Waals surface area (Å²) in [5.74, 6) is 1.99. The Morgan fingerprint density at radius 2 is 1.67 bits per heavy atom. The molecule has 0 amide bonds. The molecule has 0 saturated carbocycles. The molecule has 126 valence electrons. The Morgan fingerprint density at radius 1 is 1.00 bits per heavy atom. The summed E-state index contributed by atoms with van der Waals surface area (Å²) < 4.78 is 5.87. The lowest BCUT2D eigenvalue weighted by atomic mass is 9.93. The molecule has 3 atom stereocenters. The van der Waals surface area contributed by atoms with Crippen molar-refractivity contribution < 1.29 is 4.74 Å². The van der Waals surface area contributed by atoms with Crippen LogP contribution in [-0.4, -0.2) is 18.5 Å². The smallest absolute Gasteiger partial charge is 0.186 e. The van der Waals surface area contributed by atoms with Gasteiger partial charge in [-0.25, -0.2) is 4.99 Å². The van der Waals surface area contributed by atoms with Gasteiger partial charge in [-0.05, 0) is 29.0 Å². The standard InChI is InChI=1S/C22H27NO/c1-4-16(2)17(3)22-23-21(15-24-22)14-18-10-12-20(13-11-18)19-8-6-5-7-9-19/h5-13,16-17,21H,4,14-15H2,1-3H3/t16-,17-,21-/m0/s1. The Hall–Kier alpha value is -2.09. The van der Waals surface area contributed by atoms with Crippen molar-refractivity contribution in [2.24, 2.45) is 16.8 Å². The molecule has 2 aromatic carbocycles. The molecule has 1 aliphatic rings. The minimum Gasteiger partial charge on any atom is -0.478 e. The van der Waals surface area contributed by atoms with Crippen LogP contribution < -0.4 is 0 Å². The maximum atomic E-state index is 5.87. The second-order valence-corrected chi connectivity index (χ2v) is 6.87. The van der Waals surface area contributed by atoms with Crippen LogP contribution in [0.25, 0.3) is 11.1 Å². The molecule has 2 nitrogen and oxygen atoms in total. The summed E-state index contributed by atoms with van der Waals surface area (Å²) in [5, 5.41) is 0. The third-order valence-corrected chi connectivity index (χ3v) is 5.15. The molecule has 1 aliphatic heterocycles. The number of rotatable bonds is 6. The van der Waals surface area contributed by atoms with Gasteiger partial charge < -0.3 is 4.74 Å². The maximum Gasteiger partial charge on any atom is 0.186 e. The van der Waals surface area contributed by atoms with Crippen molar-refractivity contribution in [3.63, 3.8) is 0 Å². The van der Waals surface area contributed by atoms with Crippen LogP contribution >= 0.6 is 0 Å². The van der Waals surface area contributed by atoms with Gasteiger partial charge in [0.15, 0.2) is 5.90 Å². The lowest BCUT2D eigenvalue weighted by Crippen LogP contribution is -2.18. The van der Waals surface area contributed by atoms with Crippen LogP contribution in [0.15, 0.2) is 59.6 Å². The van der Waals surface area contributed by atoms with Crippen LogP contribution in [0, 0.1) is 11.8 Å². The fraction of sp³-hybridized carbons (Fsp3) is 0.409. The van der Waals surface area contributed by atoms with E-state index in [2.05, 4.69) is 69.3 Å². The number of aliphatic imine (C=N–C) groups is 1. The third kappa shape index (κ3) is 3.87. The molecule has 0 spiro atoms. The molecule has 0 fully saturated rings. The highest BCUT2D eigenvalue weighted by Gasteiger charge is 2.26. The fourth-order valence-electron chi connectivity index (χ4n) is 3.12. The van der Waals surface area contributed by atoms with Crippen LogP contribution in [0.5, 0.6) is 0 Å². The molecule has 0 N–H and O–H groups in total. The van der Waals surface area contributed by atoms with E-state index in [9.17, 15) is 0 Å². The molecule has 1 heterocycles. The van der Waals surface area contributed by atoms with Crippen molar-refractivity contribution in [3.05, 3.63) is 60.2 Å². The maximum absolute atomic E-state index is 5.87. The van der Waals surface area contributed by atoms with Crippen LogP contribution in [0.4, 0.5) is 0 Å². The molecule has 3 rings (SSSR count). The molecule has 0 unspecified atom stereocenters. The molecular formula is C22H27NO. The van der Waals surface area contributed by atoms with Crippen molar-refractivity contribution in [2.75, 3.05) is 6.61 Å². The minimum absolute atomic E-state index is 0.258. The van der Waals surface area contributed by atoms with E-state index in [1.165, 1.54) is 16.7 Å². The molecule has 2 heteroatoms. The van der Waals surface area contributed by atoms with Crippen LogP contribution in [0.3, 0.4) is 0 Å². The van der Waals surface area contributed by atoms with Crippen molar-refractivity contribution in [2.45, 2.75) is 39.7 Å². The first-order chi connectivity index (χ1) is 11.7. The lowest BCUT2D eigenvalue weighted by molar-refractivity contribution is 0.283. The zero-order valence-electron chi connectivity index (χ0n) is 14.9. The summed E-state index contributed by atoms with van der Waals surface area (Å²) in [6.07, 6.45) is 2.11. The van der Waals surface area contributed by atoms with Gasteiger partial charge in [0.2, 0.25) is 0 Å². The summed E-state index contributed by atoms with van der Waals surface area (Å²) >= 11 is 0. The lowest BCUT2D eigenvalue weighted by Gasteiger charge is -2.17. The van der Waals surface area contributed by atoms with Gasteiger partial charge >= 0.3 is 0 Å². The quantitative estimate of drug-likeness (QED) is 0.700. The second-order valence-electron chi connectivity index (χ2n) is 6.87. The summed E-state index contributed by atoms with van der Waals surface area (Å²) in [5.41, 5.74) is 3.84. The topological polar surface area (TPSA) is 21.6 Å². The SMILES string of the molecule is CC[C@H](C)[C@H](C)C1=N[C@@H](Cc2ccc(-c3ccccc3)cc2)CO1. The predicted octanol–water partition coefficient (Wildman–Crippen LogP) is 5.38. The first kappa shape index (κ1) is 16.8. The third-order valence-electron chi connectivity index (χ3n) is 5.15. The van der Waals surface area contributed by atoms with Gasteiger partial charge in [0, 0.05) is 5.92 Å². The van der Waals surface area contributed by atoms with E-state index in [0.29, 0.717) is 11.8 Å². The van der Waals surface area contributed by atoms with E-state index in [1.807, 2.05) is 6.07 Å². The number of benzene rings is 2. The average molecular weight is 321 g/mol. The van der Waals surface area contributed by atoms with Gasteiger partial charge in [0.1, 0.15) is 6.61 Å². The average Bonchev–Trinajstić information content (AvgIpc) is 3.10. The Labute approximate surface area is 145 Å². The molecular weight excluding hydrogens is 294 g/mol. The van der Waals surface area contributed by atoms with E-state index in [1.54, 1.807) is 0 Å². The zero-order chi connectivity index (χ0) is 16.9. The first-order valence-electron chi connectivity index (χ1n) is 9.02. The highest BCUT2D eigenvalue weighted by Crippen LogP contribution is 2.24. The largest absolute Gasteiger partial charge is 0.478 e. The van der Waals surface area contributed by atoms with Crippen molar-refractivity contribution in [3.8, 4) is 11.1 Å². The van der Waals surface area contributed by atoms with Crippen LogP contribution in [-0.2, 0) is 11.2 Å². The van der Waals surface area contributed by atoms with Gasteiger partial charge in [-0.3, -0.25) is 0 Å². The number of ether oxygens (including phenoxy) is 1. The van der Waals surface area contributed by atoms with Crippen molar-refractivity contribution >= 4 is 5.90 Å². The van der Waals surface area contributed by atoms with Crippen LogP contribution in [0.1, 0.15) is 32.8 Å². The second kappa shape index (κ2) is 7.65. The van der Waals surface area contributed by atoms with E-state index >= 15 is 0 Å². The molecule has 0 bridgehead atoms. The fourth-order valence-corrected chi connectivity index (χ4v) is 3.12. The highest BCUT2D eigenvalue weighted by atomic mass is 16.5. The Bertz CT molecular complexity index is 675. The monoisotopic (exact) mass is 321 g/mol. The number of nitrogens with zero attached hydrogens (tertiary/aromatic N) is 1. The predicted molar refractivity (Wildman–Crippen MR) is 101 cm³/mol. The molecule has 24 heavy (non-hydrogen) atoms. The van der Waals surface area contributed by atoms with Crippen molar-refractivity contribution in [1.82, 2.24) is 0 Å². The summed E-state index contributed by atoms with van der Waals surface area (Å²) in [7, 11) is 0. The van der Waals surface area contributed by atoms with E-state index in [0.717, 1.165) is 25.3 Å². The van der Waals surface area contributed by atoms with Crippen molar-refractivity contribution in [1.29, 1.82) is 0 Å². The minimum atomic E-state index is 0.258. The van der Waals surface area contributed by atoms with E-state index in [4.69, 9.17) is 9.73 Å².